The van der Waals surface area contributed by atoms with E-state index in [1.165, 1.54) is 0 Å². The molecule has 0 saturated heterocycles. The van der Waals surface area contributed by atoms with Crippen LogP contribution in [0.15, 0.2) is 24.3 Å². The van der Waals surface area contributed by atoms with Crippen LogP contribution in [-0.4, -0.2) is 24.5 Å². The average molecular weight is 278 g/mol. The van der Waals surface area contributed by atoms with Gasteiger partial charge < -0.3 is 15.8 Å². The number of benzene rings is 1. The van der Waals surface area contributed by atoms with E-state index in [0.717, 1.165) is 19.3 Å². The van der Waals surface area contributed by atoms with Gasteiger partial charge in [0.1, 0.15) is 0 Å². The molecule has 5 nitrogen and oxygen atoms in total. The molecule has 0 radical (unpaired) electrons. The minimum absolute atomic E-state index is 0.276. The summed E-state index contributed by atoms with van der Waals surface area (Å²) < 4.78 is 5.11. The SMILES string of the molecule is CCCCCNC(=O)C(C)OC(=O)c1ccccc1N. The molecule has 0 aliphatic carbocycles. The van der Waals surface area contributed by atoms with Crippen LogP contribution >= 0.6 is 0 Å². The van der Waals surface area contributed by atoms with Crippen molar-refractivity contribution in [2.24, 2.45) is 0 Å². The van der Waals surface area contributed by atoms with Gasteiger partial charge in [-0.1, -0.05) is 31.9 Å². The lowest BCUT2D eigenvalue weighted by molar-refractivity contribution is -0.129. The van der Waals surface area contributed by atoms with Gasteiger partial charge in [-0.3, -0.25) is 4.79 Å². The lowest BCUT2D eigenvalue weighted by Crippen LogP contribution is -2.36. The van der Waals surface area contributed by atoms with E-state index in [9.17, 15) is 9.59 Å². The number of rotatable bonds is 7. The number of nitrogen functional groups attached to an aromatic ring is 1. The first-order valence-electron chi connectivity index (χ1n) is 6.89. The molecule has 0 saturated carbocycles. The number of amides is 1. The number of anilines is 1. The predicted molar refractivity (Wildman–Crippen MR) is 78.3 cm³/mol. The Hall–Kier alpha value is -2.04. The number of nitrogens with two attached hydrogens (primary N) is 1. The number of hydrogen-bond donors (Lipinski definition) is 2. The van der Waals surface area contributed by atoms with Gasteiger partial charge in [-0.05, 0) is 25.5 Å². The van der Waals surface area contributed by atoms with Crippen LogP contribution in [0, 0.1) is 0 Å². The van der Waals surface area contributed by atoms with Crippen LogP contribution in [0.5, 0.6) is 0 Å². The topological polar surface area (TPSA) is 81.4 Å². The Kier molecular flexibility index (Phi) is 6.56. The second-order valence-corrected chi connectivity index (χ2v) is 4.63. The van der Waals surface area contributed by atoms with Gasteiger partial charge in [-0.2, -0.15) is 0 Å². The lowest BCUT2D eigenvalue weighted by atomic mass is 10.2. The van der Waals surface area contributed by atoms with E-state index in [4.69, 9.17) is 10.5 Å². The molecule has 1 rings (SSSR count). The normalized spacial score (nSPS) is 11.7. The highest BCUT2D eigenvalue weighted by Gasteiger charge is 2.19. The van der Waals surface area contributed by atoms with Crippen LogP contribution in [0.25, 0.3) is 0 Å². The zero-order chi connectivity index (χ0) is 15.0. The molecule has 20 heavy (non-hydrogen) atoms. The molecular weight excluding hydrogens is 256 g/mol. The van der Waals surface area contributed by atoms with Gasteiger partial charge in [0, 0.05) is 12.2 Å². The molecule has 0 fully saturated rings. The largest absolute Gasteiger partial charge is 0.449 e. The Balaban J connectivity index is 2.45. The van der Waals surface area contributed by atoms with Gasteiger partial charge in [0.05, 0.1) is 5.56 Å². The van der Waals surface area contributed by atoms with Crippen molar-refractivity contribution in [2.45, 2.75) is 39.2 Å². The summed E-state index contributed by atoms with van der Waals surface area (Å²) in [5, 5.41) is 2.74. The van der Waals surface area contributed by atoms with Crippen LogP contribution in [0.4, 0.5) is 5.69 Å². The van der Waals surface area contributed by atoms with Crippen LogP contribution in [-0.2, 0) is 9.53 Å². The fourth-order valence-electron chi connectivity index (χ4n) is 1.69. The van der Waals surface area contributed by atoms with Crippen LogP contribution in [0.3, 0.4) is 0 Å². The molecule has 1 aromatic carbocycles. The molecule has 1 aromatic rings. The Bertz CT molecular complexity index is 460. The summed E-state index contributed by atoms with van der Waals surface area (Å²) >= 11 is 0. The lowest BCUT2D eigenvalue weighted by Gasteiger charge is -2.14. The van der Waals surface area contributed by atoms with E-state index in [2.05, 4.69) is 12.2 Å². The number of carbonyl (C=O) groups is 2. The molecule has 0 heterocycles. The first-order valence-corrected chi connectivity index (χ1v) is 6.89. The minimum Gasteiger partial charge on any atom is -0.449 e. The third-order valence-electron chi connectivity index (χ3n) is 2.91. The molecule has 1 unspecified atom stereocenters. The molecule has 1 amide bonds. The van der Waals surface area contributed by atoms with Gasteiger partial charge in [-0.25, -0.2) is 4.79 Å². The average Bonchev–Trinajstić information content (AvgIpc) is 2.43. The second kappa shape index (κ2) is 8.19. The van der Waals surface area contributed by atoms with E-state index in [1.807, 2.05) is 0 Å². The van der Waals surface area contributed by atoms with E-state index in [-0.39, 0.29) is 11.5 Å². The fraction of sp³-hybridized carbons (Fsp3) is 0.467. The molecular formula is C15H22N2O3. The Labute approximate surface area is 119 Å². The molecule has 110 valence electrons. The smallest absolute Gasteiger partial charge is 0.341 e. The van der Waals surface area contributed by atoms with Gasteiger partial charge in [0.2, 0.25) is 0 Å². The second-order valence-electron chi connectivity index (χ2n) is 4.63. The van der Waals surface area contributed by atoms with Gasteiger partial charge in [0.15, 0.2) is 6.10 Å². The summed E-state index contributed by atoms with van der Waals surface area (Å²) in [6, 6.07) is 6.62. The number of para-hydroxylation sites is 1. The van der Waals surface area contributed by atoms with Crippen molar-refractivity contribution < 1.29 is 14.3 Å². The Morgan fingerprint density at radius 2 is 2.00 bits per heavy atom. The van der Waals surface area contributed by atoms with Gasteiger partial charge in [-0.15, -0.1) is 0 Å². The number of hydrogen-bond acceptors (Lipinski definition) is 4. The standard InChI is InChI=1S/C15H22N2O3/c1-3-4-7-10-17-14(18)11(2)20-15(19)12-8-5-6-9-13(12)16/h5-6,8-9,11H,3-4,7,10,16H2,1-2H3,(H,17,18). The van der Waals surface area contributed by atoms with E-state index < -0.39 is 12.1 Å². The molecule has 0 aromatic heterocycles. The maximum absolute atomic E-state index is 11.9. The number of carbonyl (C=O) groups excluding carboxylic acids is 2. The van der Waals surface area contributed by atoms with Crippen molar-refractivity contribution in [3.8, 4) is 0 Å². The number of ether oxygens (including phenoxy) is 1. The third kappa shape index (κ3) is 4.91. The van der Waals surface area contributed by atoms with Crippen molar-refractivity contribution in [1.82, 2.24) is 5.32 Å². The zero-order valence-corrected chi connectivity index (χ0v) is 12.0. The first kappa shape index (κ1) is 16.0. The van der Waals surface area contributed by atoms with Crippen molar-refractivity contribution in [1.29, 1.82) is 0 Å². The van der Waals surface area contributed by atoms with Gasteiger partial charge in [0.25, 0.3) is 5.91 Å². The van der Waals surface area contributed by atoms with Crippen molar-refractivity contribution in [3.63, 3.8) is 0 Å². The molecule has 0 aliphatic heterocycles. The van der Waals surface area contributed by atoms with E-state index in [0.29, 0.717) is 12.2 Å². The maximum atomic E-state index is 11.9. The van der Waals surface area contributed by atoms with Crippen molar-refractivity contribution in [2.75, 3.05) is 12.3 Å². The molecule has 0 spiro atoms. The Morgan fingerprint density at radius 1 is 1.30 bits per heavy atom. The highest BCUT2D eigenvalue weighted by molar-refractivity contribution is 5.96. The monoisotopic (exact) mass is 278 g/mol. The first-order chi connectivity index (χ1) is 9.56. The zero-order valence-electron chi connectivity index (χ0n) is 12.0. The minimum atomic E-state index is -0.830. The molecule has 1 atom stereocenters. The fourth-order valence-corrected chi connectivity index (χ4v) is 1.69. The van der Waals surface area contributed by atoms with Gasteiger partial charge >= 0.3 is 5.97 Å². The van der Waals surface area contributed by atoms with Crippen LogP contribution in [0.1, 0.15) is 43.5 Å². The molecule has 0 bridgehead atoms. The van der Waals surface area contributed by atoms with Crippen molar-refractivity contribution in [3.05, 3.63) is 29.8 Å². The van der Waals surface area contributed by atoms with E-state index >= 15 is 0 Å². The van der Waals surface area contributed by atoms with E-state index in [1.54, 1.807) is 31.2 Å². The Morgan fingerprint density at radius 3 is 2.65 bits per heavy atom. The van der Waals surface area contributed by atoms with Crippen LogP contribution < -0.4 is 11.1 Å². The number of unbranched alkanes of at least 4 members (excludes halogenated alkanes) is 2. The quantitative estimate of drug-likeness (QED) is 0.455. The van der Waals surface area contributed by atoms with Crippen LogP contribution in [0.2, 0.25) is 0 Å². The third-order valence-corrected chi connectivity index (χ3v) is 2.91. The molecule has 0 aliphatic rings. The summed E-state index contributed by atoms with van der Waals surface area (Å²) in [5.74, 6) is -0.872. The maximum Gasteiger partial charge on any atom is 0.341 e. The predicted octanol–water partition coefficient (Wildman–Crippen LogP) is 2.12. The summed E-state index contributed by atoms with van der Waals surface area (Å²) in [6.45, 7) is 4.24. The summed E-state index contributed by atoms with van der Waals surface area (Å²) in [4.78, 5) is 23.6. The summed E-state index contributed by atoms with van der Waals surface area (Å²) in [6.07, 6.45) is 2.25. The molecule has 5 heteroatoms. The number of esters is 1. The highest BCUT2D eigenvalue weighted by atomic mass is 16.5. The highest BCUT2D eigenvalue weighted by Crippen LogP contribution is 2.12. The molecule has 3 N–H and O–H groups in total. The van der Waals surface area contributed by atoms with Crippen molar-refractivity contribution >= 4 is 17.6 Å². The summed E-state index contributed by atoms with van der Waals surface area (Å²) in [5.41, 5.74) is 6.30. The summed E-state index contributed by atoms with van der Waals surface area (Å²) in [7, 11) is 0. The number of nitrogens with one attached hydrogen (secondary N) is 1.